The lowest BCUT2D eigenvalue weighted by atomic mass is 10.0. The van der Waals surface area contributed by atoms with Crippen molar-refractivity contribution in [2.24, 2.45) is 0 Å². The topological polar surface area (TPSA) is 41.6 Å². The monoisotopic (exact) mass is 266 g/mol. The summed E-state index contributed by atoms with van der Waals surface area (Å²) in [6.07, 6.45) is 0.649. The molecule has 0 bridgehead atoms. The molecule has 1 N–H and O–H groups in total. The van der Waals surface area contributed by atoms with Crippen LogP contribution in [0.1, 0.15) is 12.0 Å². The minimum atomic E-state index is -0.321. The first kappa shape index (κ1) is 11.8. The van der Waals surface area contributed by atoms with Crippen molar-refractivity contribution < 1.29 is 9.53 Å². The fraction of sp³-hybridized carbons (Fsp3) is 0.462. The molecule has 2 aliphatic heterocycles. The third kappa shape index (κ3) is 2.06. The highest BCUT2D eigenvalue weighted by Gasteiger charge is 2.46. The van der Waals surface area contributed by atoms with Gasteiger partial charge in [0.2, 0.25) is 0 Å². The number of halogens is 1. The smallest absolute Gasteiger partial charge is 0.410 e. The molecule has 1 unspecified atom stereocenters. The lowest BCUT2D eigenvalue weighted by Gasteiger charge is -2.19. The van der Waals surface area contributed by atoms with Crippen molar-refractivity contribution in [2.45, 2.75) is 18.6 Å². The summed E-state index contributed by atoms with van der Waals surface area (Å²) >= 11 is 6.11. The molecule has 96 valence electrons. The fourth-order valence-corrected chi connectivity index (χ4v) is 2.79. The number of ether oxygens (including phenoxy) is 1. The van der Waals surface area contributed by atoms with E-state index in [1.807, 2.05) is 24.3 Å². The van der Waals surface area contributed by atoms with E-state index in [2.05, 4.69) is 5.32 Å². The normalized spacial score (nSPS) is 26.9. The molecule has 5 heteroatoms. The molecule has 3 rings (SSSR count). The number of carbonyl (C=O) groups excluding carboxylic acids is 1. The maximum Gasteiger partial charge on any atom is 0.410 e. The highest BCUT2D eigenvalue weighted by atomic mass is 35.5. The van der Waals surface area contributed by atoms with Gasteiger partial charge >= 0.3 is 6.09 Å². The van der Waals surface area contributed by atoms with E-state index in [-0.39, 0.29) is 11.7 Å². The first-order chi connectivity index (χ1) is 8.69. The second-order valence-electron chi connectivity index (χ2n) is 4.93. The van der Waals surface area contributed by atoms with Gasteiger partial charge in [-0.3, -0.25) is 4.90 Å². The van der Waals surface area contributed by atoms with Crippen LogP contribution in [0, 0.1) is 0 Å². The lowest BCUT2D eigenvalue weighted by Crippen LogP contribution is -2.36. The average Bonchev–Trinajstić information content (AvgIpc) is 2.91. The van der Waals surface area contributed by atoms with Gasteiger partial charge in [0.15, 0.2) is 0 Å². The molecule has 2 heterocycles. The fourth-order valence-electron chi connectivity index (χ4n) is 2.59. The predicted molar refractivity (Wildman–Crippen MR) is 68.6 cm³/mol. The highest BCUT2D eigenvalue weighted by Crippen LogP contribution is 2.30. The van der Waals surface area contributed by atoms with Crippen molar-refractivity contribution in [3.05, 3.63) is 34.9 Å². The summed E-state index contributed by atoms with van der Waals surface area (Å²) in [5.74, 6) is 0. The first-order valence-corrected chi connectivity index (χ1v) is 6.48. The number of benzene rings is 1. The molecular formula is C13H15ClN2O2. The summed E-state index contributed by atoms with van der Waals surface area (Å²) in [7, 11) is 0. The Kier molecular flexibility index (Phi) is 2.92. The molecule has 1 spiro atoms. The van der Waals surface area contributed by atoms with Crippen molar-refractivity contribution in [3.63, 3.8) is 0 Å². The van der Waals surface area contributed by atoms with E-state index in [0.717, 1.165) is 25.1 Å². The molecule has 1 aromatic carbocycles. The summed E-state index contributed by atoms with van der Waals surface area (Å²) < 4.78 is 5.52. The first-order valence-electron chi connectivity index (χ1n) is 6.11. The van der Waals surface area contributed by atoms with Crippen LogP contribution in [-0.2, 0) is 11.3 Å². The molecule has 0 aromatic heterocycles. The van der Waals surface area contributed by atoms with E-state index in [9.17, 15) is 4.79 Å². The maximum absolute atomic E-state index is 11.9. The van der Waals surface area contributed by atoms with Gasteiger partial charge in [0.1, 0.15) is 5.60 Å². The van der Waals surface area contributed by atoms with Crippen LogP contribution in [0.4, 0.5) is 4.79 Å². The number of rotatable bonds is 2. The maximum atomic E-state index is 11.9. The van der Waals surface area contributed by atoms with Crippen LogP contribution in [0.5, 0.6) is 0 Å². The Labute approximate surface area is 111 Å². The molecule has 1 atom stereocenters. The molecule has 4 nitrogen and oxygen atoms in total. The van der Waals surface area contributed by atoms with Crippen molar-refractivity contribution in [1.82, 2.24) is 10.2 Å². The molecule has 18 heavy (non-hydrogen) atoms. The van der Waals surface area contributed by atoms with E-state index in [1.54, 1.807) is 4.90 Å². The lowest BCUT2D eigenvalue weighted by molar-refractivity contribution is 0.0727. The number of hydrogen-bond donors (Lipinski definition) is 1. The molecule has 2 saturated heterocycles. The Bertz CT molecular complexity index is 472. The van der Waals surface area contributed by atoms with E-state index >= 15 is 0 Å². The Morgan fingerprint density at radius 3 is 3.00 bits per heavy atom. The summed E-state index contributed by atoms with van der Waals surface area (Å²) in [5.41, 5.74) is 0.636. The van der Waals surface area contributed by atoms with Gasteiger partial charge < -0.3 is 10.1 Å². The Balaban J connectivity index is 1.74. The van der Waals surface area contributed by atoms with Crippen molar-refractivity contribution >= 4 is 17.7 Å². The average molecular weight is 267 g/mol. The van der Waals surface area contributed by atoms with Crippen LogP contribution in [0.2, 0.25) is 5.02 Å². The third-order valence-corrected chi connectivity index (χ3v) is 3.93. The van der Waals surface area contributed by atoms with E-state index < -0.39 is 0 Å². The minimum absolute atomic E-state index is 0.237. The van der Waals surface area contributed by atoms with Crippen molar-refractivity contribution in [1.29, 1.82) is 0 Å². The van der Waals surface area contributed by atoms with Gasteiger partial charge in [0.25, 0.3) is 0 Å². The van der Waals surface area contributed by atoms with Gasteiger partial charge in [-0.25, -0.2) is 4.79 Å². The van der Waals surface area contributed by atoms with Gasteiger partial charge in [0, 0.05) is 18.0 Å². The molecule has 1 aromatic rings. The largest absolute Gasteiger partial charge is 0.439 e. The predicted octanol–water partition coefficient (Wildman–Crippen LogP) is 2.02. The van der Waals surface area contributed by atoms with Crippen LogP contribution in [0.25, 0.3) is 0 Å². The molecule has 1 amide bonds. The number of hydrogen-bond acceptors (Lipinski definition) is 3. The minimum Gasteiger partial charge on any atom is -0.439 e. The SMILES string of the molecule is O=C1OC2(CCNC2)CN1Cc1ccccc1Cl. The molecule has 0 aliphatic carbocycles. The number of amides is 1. The number of nitrogens with one attached hydrogen (secondary N) is 1. The van der Waals surface area contributed by atoms with Crippen LogP contribution in [0.15, 0.2) is 24.3 Å². The van der Waals surface area contributed by atoms with Crippen LogP contribution < -0.4 is 5.32 Å². The molecular weight excluding hydrogens is 252 g/mol. The van der Waals surface area contributed by atoms with Crippen LogP contribution in [-0.4, -0.2) is 36.2 Å². The van der Waals surface area contributed by atoms with E-state index in [4.69, 9.17) is 16.3 Å². The standard InChI is InChI=1S/C13H15ClN2O2/c14-11-4-2-1-3-10(11)7-16-9-13(18-12(16)17)5-6-15-8-13/h1-4,15H,5-9H2. The second-order valence-corrected chi connectivity index (χ2v) is 5.33. The summed E-state index contributed by atoms with van der Waals surface area (Å²) in [5, 5.41) is 3.93. The van der Waals surface area contributed by atoms with Gasteiger partial charge in [-0.15, -0.1) is 0 Å². The summed E-state index contributed by atoms with van der Waals surface area (Å²) in [6.45, 7) is 2.81. The second kappa shape index (κ2) is 4.44. The van der Waals surface area contributed by atoms with E-state index in [1.165, 1.54) is 0 Å². The summed E-state index contributed by atoms with van der Waals surface area (Å²) in [6, 6.07) is 7.59. The summed E-state index contributed by atoms with van der Waals surface area (Å²) in [4.78, 5) is 13.6. The van der Waals surface area contributed by atoms with Gasteiger partial charge in [-0.05, 0) is 18.2 Å². The zero-order valence-electron chi connectivity index (χ0n) is 9.99. The van der Waals surface area contributed by atoms with Crippen molar-refractivity contribution in [2.75, 3.05) is 19.6 Å². The molecule has 2 fully saturated rings. The van der Waals surface area contributed by atoms with Gasteiger partial charge in [0.05, 0.1) is 13.1 Å². The third-order valence-electron chi connectivity index (χ3n) is 3.56. The quantitative estimate of drug-likeness (QED) is 0.891. The molecule has 0 saturated carbocycles. The number of nitrogens with zero attached hydrogens (tertiary/aromatic N) is 1. The zero-order valence-corrected chi connectivity index (χ0v) is 10.7. The highest BCUT2D eigenvalue weighted by molar-refractivity contribution is 6.31. The molecule has 2 aliphatic rings. The van der Waals surface area contributed by atoms with Gasteiger partial charge in [-0.1, -0.05) is 29.8 Å². The zero-order chi connectivity index (χ0) is 12.6. The Morgan fingerprint density at radius 1 is 1.44 bits per heavy atom. The van der Waals surface area contributed by atoms with Crippen LogP contribution in [0.3, 0.4) is 0 Å². The van der Waals surface area contributed by atoms with E-state index in [0.29, 0.717) is 18.1 Å². The number of carbonyl (C=O) groups is 1. The Morgan fingerprint density at radius 2 is 2.28 bits per heavy atom. The van der Waals surface area contributed by atoms with Gasteiger partial charge in [-0.2, -0.15) is 0 Å². The molecule has 0 radical (unpaired) electrons. The van der Waals surface area contributed by atoms with Crippen LogP contribution >= 0.6 is 11.6 Å². The Hall–Kier alpha value is -1.26. The van der Waals surface area contributed by atoms with Crippen molar-refractivity contribution in [3.8, 4) is 0 Å².